The lowest BCUT2D eigenvalue weighted by Crippen LogP contribution is -2.28. The molecule has 2 aliphatic rings. The quantitative estimate of drug-likeness (QED) is 0.734. The first kappa shape index (κ1) is 14.3. The fourth-order valence-electron chi connectivity index (χ4n) is 2.28. The number of rotatable bonds is 6. The fourth-order valence-corrected chi connectivity index (χ4v) is 2.28. The summed E-state index contributed by atoms with van der Waals surface area (Å²) in [5.74, 6) is 0.390. The van der Waals surface area contributed by atoms with Crippen molar-refractivity contribution in [3.63, 3.8) is 0 Å². The van der Waals surface area contributed by atoms with Gasteiger partial charge >= 0.3 is 0 Å². The predicted octanol–water partition coefficient (Wildman–Crippen LogP) is 2.71. The second-order valence-corrected chi connectivity index (χ2v) is 5.36. The molecule has 0 spiro atoms. The topological polar surface area (TPSA) is 36.9 Å². The third-order valence-corrected chi connectivity index (χ3v) is 3.41. The molecular weight excluding hydrogens is 232 g/mol. The maximum atomic E-state index is 5.74. The van der Waals surface area contributed by atoms with E-state index in [1.807, 2.05) is 0 Å². The molecule has 0 radical (unpaired) electrons. The highest BCUT2D eigenvalue weighted by atomic mass is 16.7. The minimum absolute atomic E-state index is 0.00660. The van der Waals surface area contributed by atoms with Crippen molar-refractivity contribution in [2.75, 3.05) is 26.4 Å². The molecule has 0 bridgehead atoms. The van der Waals surface area contributed by atoms with E-state index >= 15 is 0 Å². The lowest BCUT2D eigenvalue weighted by Gasteiger charge is -2.26. The molecule has 4 heteroatoms. The van der Waals surface area contributed by atoms with E-state index in [0.29, 0.717) is 19.1 Å². The van der Waals surface area contributed by atoms with Crippen LogP contribution in [0.5, 0.6) is 0 Å². The molecule has 2 saturated heterocycles. The van der Waals surface area contributed by atoms with Crippen molar-refractivity contribution in [2.45, 2.75) is 58.0 Å². The van der Waals surface area contributed by atoms with Crippen LogP contribution >= 0.6 is 0 Å². The number of hydrogen-bond acceptors (Lipinski definition) is 4. The molecule has 0 aromatic heterocycles. The highest BCUT2D eigenvalue weighted by Gasteiger charge is 2.18. The van der Waals surface area contributed by atoms with Gasteiger partial charge in [-0.2, -0.15) is 0 Å². The smallest absolute Gasteiger partial charge is 0.157 e. The van der Waals surface area contributed by atoms with Crippen LogP contribution in [0.25, 0.3) is 0 Å². The predicted molar refractivity (Wildman–Crippen MR) is 68.3 cm³/mol. The first-order chi connectivity index (χ1) is 8.84. The summed E-state index contributed by atoms with van der Waals surface area (Å²) >= 11 is 0. The van der Waals surface area contributed by atoms with Crippen molar-refractivity contribution in [1.29, 1.82) is 0 Å². The van der Waals surface area contributed by atoms with Gasteiger partial charge in [0, 0.05) is 19.1 Å². The van der Waals surface area contributed by atoms with Gasteiger partial charge in [0.05, 0.1) is 13.2 Å². The molecule has 4 nitrogen and oxygen atoms in total. The first-order valence-electron chi connectivity index (χ1n) is 7.31. The molecule has 2 heterocycles. The van der Waals surface area contributed by atoms with E-state index in [-0.39, 0.29) is 12.6 Å². The Morgan fingerprint density at radius 3 is 1.78 bits per heavy atom. The molecule has 2 rings (SSSR count). The summed E-state index contributed by atoms with van der Waals surface area (Å²) in [5, 5.41) is 0. The van der Waals surface area contributed by atoms with E-state index < -0.39 is 0 Å². The van der Waals surface area contributed by atoms with Gasteiger partial charge in [-0.3, -0.25) is 0 Å². The normalized spacial score (nSPS) is 29.7. The van der Waals surface area contributed by atoms with Crippen molar-refractivity contribution < 1.29 is 18.9 Å². The van der Waals surface area contributed by atoms with E-state index in [1.165, 1.54) is 12.8 Å². The summed E-state index contributed by atoms with van der Waals surface area (Å²) in [4.78, 5) is 0. The zero-order chi connectivity index (χ0) is 12.6. The third kappa shape index (κ3) is 5.22. The van der Waals surface area contributed by atoms with Crippen LogP contribution in [0.2, 0.25) is 0 Å². The Labute approximate surface area is 110 Å². The van der Waals surface area contributed by atoms with Crippen LogP contribution in [0.1, 0.15) is 45.4 Å². The van der Waals surface area contributed by atoms with Crippen molar-refractivity contribution in [3.05, 3.63) is 0 Å². The molecule has 2 fully saturated rings. The molecule has 106 valence electrons. The third-order valence-electron chi connectivity index (χ3n) is 3.41. The standard InChI is InChI=1S/C14H26O4/c1-12(10-17-13-6-2-4-8-15-13)11-18-14-7-3-5-9-16-14/h12-14H,2-11H2,1H3/t13-,14-/m1/s1. The molecule has 0 aromatic rings. The van der Waals surface area contributed by atoms with E-state index in [4.69, 9.17) is 18.9 Å². The van der Waals surface area contributed by atoms with Crippen LogP contribution in [0.15, 0.2) is 0 Å². The minimum atomic E-state index is 0.00660. The highest BCUT2D eigenvalue weighted by molar-refractivity contribution is 4.58. The van der Waals surface area contributed by atoms with Crippen LogP contribution < -0.4 is 0 Å². The Kier molecular flexibility index (Phi) is 6.41. The molecule has 2 aliphatic heterocycles. The zero-order valence-corrected chi connectivity index (χ0v) is 11.4. The van der Waals surface area contributed by atoms with E-state index in [1.54, 1.807) is 0 Å². The molecular formula is C14H26O4. The van der Waals surface area contributed by atoms with Crippen LogP contribution in [-0.2, 0) is 18.9 Å². The fraction of sp³-hybridized carbons (Fsp3) is 1.00. The lowest BCUT2D eigenvalue weighted by molar-refractivity contribution is -0.189. The van der Waals surface area contributed by atoms with Crippen molar-refractivity contribution >= 4 is 0 Å². The Morgan fingerprint density at radius 2 is 1.39 bits per heavy atom. The summed E-state index contributed by atoms with van der Waals surface area (Å²) in [7, 11) is 0. The van der Waals surface area contributed by atoms with E-state index in [2.05, 4.69) is 6.92 Å². The molecule has 0 saturated carbocycles. The molecule has 2 atom stereocenters. The van der Waals surface area contributed by atoms with Crippen molar-refractivity contribution in [3.8, 4) is 0 Å². The van der Waals surface area contributed by atoms with Crippen molar-refractivity contribution in [1.82, 2.24) is 0 Å². The second kappa shape index (κ2) is 8.10. The largest absolute Gasteiger partial charge is 0.353 e. The second-order valence-electron chi connectivity index (χ2n) is 5.36. The summed E-state index contributed by atoms with van der Waals surface area (Å²) in [6.07, 6.45) is 6.82. The molecule has 0 aliphatic carbocycles. The molecule has 18 heavy (non-hydrogen) atoms. The van der Waals surface area contributed by atoms with E-state index in [9.17, 15) is 0 Å². The lowest BCUT2D eigenvalue weighted by atomic mass is 10.2. The summed E-state index contributed by atoms with van der Waals surface area (Å²) in [6, 6.07) is 0. The minimum Gasteiger partial charge on any atom is -0.353 e. The van der Waals surface area contributed by atoms with Gasteiger partial charge in [-0.1, -0.05) is 6.92 Å². The van der Waals surface area contributed by atoms with Crippen LogP contribution in [0.3, 0.4) is 0 Å². The number of ether oxygens (including phenoxy) is 4. The first-order valence-corrected chi connectivity index (χ1v) is 7.31. The highest BCUT2D eigenvalue weighted by Crippen LogP contribution is 2.17. The van der Waals surface area contributed by atoms with Crippen molar-refractivity contribution in [2.24, 2.45) is 5.92 Å². The Morgan fingerprint density at radius 1 is 0.889 bits per heavy atom. The Bertz CT molecular complexity index is 188. The van der Waals surface area contributed by atoms with Crippen LogP contribution in [0.4, 0.5) is 0 Å². The van der Waals surface area contributed by atoms with Gasteiger partial charge in [-0.15, -0.1) is 0 Å². The van der Waals surface area contributed by atoms with Gasteiger partial charge in [0.15, 0.2) is 12.6 Å². The van der Waals surface area contributed by atoms with Gasteiger partial charge in [-0.25, -0.2) is 0 Å². The number of hydrogen-bond donors (Lipinski definition) is 0. The van der Waals surface area contributed by atoms with Crippen LogP contribution in [-0.4, -0.2) is 39.0 Å². The summed E-state index contributed by atoms with van der Waals surface area (Å²) < 4.78 is 22.6. The van der Waals surface area contributed by atoms with Gasteiger partial charge in [-0.05, 0) is 38.5 Å². The van der Waals surface area contributed by atoms with Gasteiger partial charge in [0.1, 0.15) is 0 Å². The average molecular weight is 258 g/mol. The zero-order valence-electron chi connectivity index (χ0n) is 11.4. The van der Waals surface area contributed by atoms with Gasteiger partial charge in [0.25, 0.3) is 0 Å². The monoisotopic (exact) mass is 258 g/mol. The molecule has 0 N–H and O–H groups in total. The van der Waals surface area contributed by atoms with Gasteiger partial charge in [0.2, 0.25) is 0 Å². The van der Waals surface area contributed by atoms with E-state index in [0.717, 1.165) is 38.9 Å². The summed E-state index contributed by atoms with van der Waals surface area (Å²) in [6.45, 7) is 5.23. The molecule has 0 aromatic carbocycles. The molecule has 0 amide bonds. The Balaban J connectivity index is 1.52. The maximum Gasteiger partial charge on any atom is 0.157 e. The average Bonchev–Trinajstić information content (AvgIpc) is 2.45. The van der Waals surface area contributed by atoms with Crippen LogP contribution in [0, 0.1) is 5.92 Å². The summed E-state index contributed by atoms with van der Waals surface area (Å²) in [5.41, 5.74) is 0. The van der Waals surface area contributed by atoms with Gasteiger partial charge < -0.3 is 18.9 Å². The SMILES string of the molecule is CC(CO[C@@H]1CCCCO1)CO[C@@H]1CCCCO1. The Hall–Kier alpha value is -0.160. The maximum absolute atomic E-state index is 5.74. The molecule has 0 unspecified atom stereocenters.